The predicted octanol–water partition coefficient (Wildman–Crippen LogP) is 7.90. The second kappa shape index (κ2) is 19.0. The van der Waals surface area contributed by atoms with Gasteiger partial charge in [0.05, 0.1) is 6.61 Å². The maximum atomic E-state index is 11.7. The highest BCUT2D eigenvalue weighted by Gasteiger charge is 2.02. The summed E-state index contributed by atoms with van der Waals surface area (Å²) in [6.45, 7) is 0.632. The number of ether oxygens (including phenoxy) is 1. The molecule has 2 nitrogen and oxygen atoms in total. The van der Waals surface area contributed by atoms with Gasteiger partial charge in [-0.05, 0) is 38.5 Å². The summed E-state index contributed by atoms with van der Waals surface area (Å²) in [4.78, 5) is 11.7. The molecule has 1 rings (SSSR count). The zero-order chi connectivity index (χ0) is 18.5. The Kier molecular flexibility index (Phi) is 17.0. The lowest BCUT2D eigenvalue weighted by Gasteiger charge is -2.05. The molecule has 0 atom stereocenters. The zero-order valence-electron chi connectivity index (χ0n) is 17.3. The summed E-state index contributed by atoms with van der Waals surface area (Å²) in [5, 5.41) is 0. The number of hydrogen-bond acceptors (Lipinski definition) is 2. The molecule has 0 aliphatic carbocycles. The van der Waals surface area contributed by atoms with Crippen LogP contribution in [-0.4, -0.2) is 12.6 Å². The van der Waals surface area contributed by atoms with Gasteiger partial charge in [0.15, 0.2) is 0 Å². The van der Waals surface area contributed by atoms with Crippen molar-refractivity contribution in [3.05, 3.63) is 12.2 Å². The van der Waals surface area contributed by atoms with Crippen molar-refractivity contribution in [2.75, 3.05) is 6.61 Å². The molecule has 1 aliphatic heterocycles. The fourth-order valence-corrected chi connectivity index (χ4v) is 3.69. The van der Waals surface area contributed by atoms with E-state index >= 15 is 0 Å². The van der Waals surface area contributed by atoms with Crippen molar-refractivity contribution in [2.24, 2.45) is 0 Å². The zero-order valence-corrected chi connectivity index (χ0v) is 17.3. The van der Waals surface area contributed by atoms with Crippen molar-refractivity contribution in [2.45, 2.75) is 128 Å². The molecule has 0 aromatic carbocycles. The van der Waals surface area contributed by atoms with Crippen molar-refractivity contribution in [3.8, 4) is 0 Å². The third kappa shape index (κ3) is 16.7. The molecule has 0 aromatic heterocycles. The Morgan fingerprint density at radius 3 is 1.38 bits per heavy atom. The molecule has 0 spiro atoms. The topological polar surface area (TPSA) is 26.3 Å². The lowest BCUT2D eigenvalue weighted by molar-refractivity contribution is -0.143. The van der Waals surface area contributed by atoms with Crippen LogP contribution in [0.5, 0.6) is 0 Å². The minimum atomic E-state index is 0.0160. The van der Waals surface area contributed by atoms with Crippen LogP contribution in [0, 0.1) is 0 Å². The summed E-state index contributed by atoms with van der Waals surface area (Å²) >= 11 is 0. The van der Waals surface area contributed by atoms with E-state index in [9.17, 15) is 4.79 Å². The quantitative estimate of drug-likeness (QED) is 0.322. The summed E-state index contributed by atoms with van der Waals surface area (Å²) in [6, 6.07) is 0. The van der Waals surface area contributed by atoms with Crippen LogP contribution in [0.15, 0.2) is 12.2 Å². The third-order valence-corrected chi connectivity index (χ3v) is 5.45. The number of carbonyl (C=O) groups excluding carboxylic acids is 1. The Hall–Kier alpha value is -0.790. The normalized spacial score (nSPS) is 23.9. The Balaban J connectivity index is 2.12. The number of cyclic esters (lactones) is 1. The second-order valence-corrected chi connectivity index (χ2v) is 8.03. The van der Waals surface area contributed by atoms with Crippen LogP contribution < -0.4 is 0 Å². The predicted molar refractivity (Wildman–Crippen MR) is 112 cm³/mol. The standard InChI is InChI=1S/C24H44O2/c25-24-22-20-18-16-14-12-10-8-6-4-2-1-3-5-7-9-11-13-15-17-19-21-23-26-24/h2,4H,1,3,5-23H2/b4-2-. The fraction of sp³-hybridized carbons (Fsp3) is 0.875. The number of hydrogen-bond donors (Lipinski definition) is 0. The lowest BCUT2D eigenvalue weighted by atomic mass is 10.1. The van der Waals surface area contributed by atoms with Crippen LogP contribution in [0.3, 0.4) is 0 Å². The van der Waals surface area contributed by atoms with Crippen LogP contribution in [0.1, 0.15) is 128 Å². The monoisotopic (exact) mass is 364 g/mol. The van der Waals surface area contributed by atoms with E-state index in [2.05, 4.69) is 12.2 Å². The molecule has 0 N–H and O–H groups in total. The van der Waals surface area contributed by atoms with Crippen molar-refractivity contribution < 1.29 is 9.53 Å². The maximum absolute atomic E-state index is 11.7. The van der Waals surface area contributed by atoms with Gasteiger partial charge in [-0.15, -0.1) is 0 Å². The van der Waals surface area contributed by atoms with Crippen LogP contribution >= 0.6 is 0 Å². The van der Waals surface area contributed by atoms with Crippen LogP contribution in [0.4, 0.5) is 0 Å². The first kappa shape index (κ1) is 23.2. The first-order chi connectivity index (χ1) is 12.9. The molecule has 0 bridgehead atoms. The Morgan fingerprint density at radius 2 is 0.885 bits per heavy atom. The van der Waals surface area contributed by atoms with Gasteiger partial charge >= 0.3 is 5.97 Å². The van der Waals surface area contributed by atoms with Gasteiger partial charge in [0, 0.05) is 6.42 Å². The first-order valence-corrected chi connectivity index (χ1v) is 11.7. The average Bonchev–Trinajstić information content (AvgIpc) is 2.64. The summed E-state index contributed by atoms with van der Waals surface area (Å²) < 4.78 is 5.35. The van der Waals surface area contributed by atoms with Gasteiger partial charge in [-0.3, -0.25) is 4.79 Å². The van der Waals surface area contributed by atoms with E-state index in [0.29, 0.717) is 13.0 Å². The fourth-order valence-electron chi connectivity index (χ4n) is 3.69. The van der Waals surface area contributed by atoms with Crippen LogP contribution in [0.25, 0.3) is 0 Å². The minimum absolute atomic E-state index is 0.0160. The number of rotatable bonds is 0. The first-order valence-electron chi connectivity index (χ1n) is 11.7. The minimum Gasteiger partial charge on any atom is -0.466 e. The molecule has 152 valence electrons. The highest BCUT2D eigenvalue weighted by molar-refractivity contribution is 5.69. The number of carbonyl (C=O) groups is 1. The molecule has 0 aromatic rings. The van der Waals surface area contributed by atoms with Gasteiger partial charge in [-0.2, -0.15) is 0 Å². The van der Waals surface area contributed by atoms with Crippen molar-refractivity contribution in [1.82, 2.24) is 0 Å². The molecule has 26 heavy (non-hydrogen) atoms. The van der Waals surface area contributed by atoms with Crippen molar-refractivity contribution in [3.63, 3.8) is 0 Å². The largest absolute Gasteiger partial charge is 0.466 e. The van der Waals surface area contributed by atoms with Gasteiger partial charge in [0.25, 0.3) is 0 Å². The molecule has 0 radical (unpaired) electrons. The van der Waals surface area contributed by atoms with E-state index in [1.54, 1.807) is 0 Å². The Morgan fingerprint density at radius 1 is 0.500 bits per heavy atom. The molecular formula is C24H44O2. The summed E-state index contributed by atoms with van der Waals surface area (Å²) in [6.07, 6.45) is 30.0. The van der Waals surface area contributed by atoms with Gasteiger partial charge in [-0.1, -0.05) is 95.6 Å². The van der Waals surface area contributed by atoms with Crippen molar-refractivity contribution in [1.29, 1.82) is 0 Å². The SMILES string of the molecule is O=C1CCCCCCCCC/C=C\CCCCCCCCCCCCO1. The van der Waals surface area contributed by atoms with Gasteiger partial charge in [-0.25, -0.2) is 0 Å². The van der Waals surface area contributed by atoms with E-state index in [1.165, 1.54) is 109 Å². The molecule has 1 aliphatic rings. The second-order valence-electron chi connectivity index (χ2n) is 8.03. The molecular weight excluding hydrogens is 320 g/mol. The highest BCUT2D eigenvalue weighted by atomic mass is 16.5. The van der Waals surface area contributed by atoms with Crippen LogP contribution in [-0.2, 0) is 9.53 Å². The van der Waals surface area contributed by atoms with E-state index in [-0.39, 0.29) is 5.97 Å². The van der Waals surface area contributed by atoms with Gasteiger partial charge in [0.1, 0.15) is 0 Å². The molecule has 2 heteroatoms. The summed E-state index contributed by atoms with van der Waals surface area (Å²) in [5.74, 6) is 0.0160. The maximum Gasteiger partial charge on any atom is 0.305 e. The Bertz CT molecular complexity index is 335. The molecule has 0 amide bonds. The van der Waals surface area contributed by atoms with Gasteiger partial charge in [0.2, 0.25) is 0 Å². The lowest BCUT2D eigenvalue weighted by Crippen LogP contribution is -2.05. The molecule has 0 unspecified atom stereocenters. The average molecular weight is 365 g/mol. The number of allylic oxidation sites excluding steroid dienone is 2. The smallest absolute Gasteiger partial charge is 0.305 e. The van der Waals surface area contributed by atoms with Gasteiger partial charge < -0.3 is 4.74 Å². The molecule has 0 saturated carbocycles. The highest BCUT2D eigenvalue weighted by Crippen LogP contribution is 2.13. The van der Waals surface area contributed by atoms with Crippen molar-refractivity contribution >= 4 is 5.97 Å². The summed E-state index contributed by atoms with van der Waals surface area (Å²) in [7, 11) is 0. The third-order valence-electron chi connectivity index (χ3n) is 5.45. The molecule has 0 fully saturated rings. The molecule has 1 heterocycles. The van der Waals surface area contributed by atoms with E-state index < -0.39 is 0 Å². The van der Waals surface area contributed by atoms with E-state index in [4.69, 9.17) is 4.74 Å². The summed E-state index contributed by atoms with van der Waals surface area (Å²) in [5.41, 5.74) is 0. The number of esters is 1. The van der Waals surface area contributed by atoms with Crippen LogP contribution in [0.2, 0.25) is 0 Å². The van der Waals surface area contributed by atoms with E-state index in [0.717, 1.165) is 12.8 Å². The Labute approximate surface area is 163 Å². The molecule has 0 saturated heterocycles. The van der Waals surface area contributed by atoms with E-state index in [1.807, 2.05) is 0 Å².